The third-order valence-corrected chi connectivity index (χ3v) is 3.51. The van der Waals surface area contributed by atoms with Crippen molar-refractivity contribution in [3.63, 3.8) is 0 Å². The highest BCUT2D eigenvalue weighted by Crippen LogP contribution is 2.38. The largest absolute Gasteiger partial charge is 0.461 e. The molecule has 3 rings (SSSR count). The van der Waals surface area contributed by atoms with Crippen molar-refractivity contribution in [3.05, 3.63) is 46.6 Å². The fourth-order valence-corrected chi connectivity index (χ4v) is 2.60. The van der Waals surface area contributed by atoms with E-state index in [4.69, 9.17) is 4.74 Å². The van der Waals surface area contributed by atoms with Crippen molar-refractivity contribution < 1.29 is 9.53 Å². The van der Waals surface area contributed by atoms with Crippen molar-refractivity contribution in [3.8, 4) is 11.3 Å². The lowest BCUT2D eigenvalue weighted by Crippen LogP contribution is -2.07. The maximum Gasteiger partial charge on any atom is 0.355 e. The van der Waals surface area contributed by atoms with Crippen LogP contribution in [0, 0.1) is 6.92 Å². The molecule has 1 N–H and O–H groups in total. The highest BCUT2D eigenvalue weighted by molar-refractivity contribution is 5.92. The number of ether oxygens (including phenoxy) is 1. The van der Waals surface area contributed by atoms with Gasteiger partial charge in [-0.25, -0.2) is 4.79 Å². The monoisotopic (exact) mass is 241 g/mol. The average Bonchev–Trinajstić information content (AvgIpc) is 2.88. The van der Waals surface area contributed by atoms with E-state index in [9.17, 15) is 4.79 Å². The number of H-pyrrole nitrogens is 1. The minimum atomic E-state index is -0.262. The summed E-state index contributed by atoms with van der Waals surface area (Å²) in [6.45, 7) is 4.20. The van der Waals surface area contributed by atoms with Gasteiger partial charge in [-0.15, -0.1) is 0 Å². The zero-order valence-corrected chi connectivity index (χ0v) is 10.5. The van der Waals surface area contributed by atoms with Crippen LogP contribution < -0.4 is 0 Å². The summed E-state index contributed by atoms with van der Waals surface area (Å²) in [7, 11) is 0. The predicted octanol–water partition coefficient (Wildman–Crippen LogP) is 3.07. The lowest BCUT2D eigenvalue weighted by atomic mass is 10.1. The first kappa shape index (κ1) is 11.1. The number of carbonyl (C=O) groups excluding carboxylic acids is 1. The van der Waals surface area contributed by atoms with Gasteiger partial charge in [-0.1, -0.05) is 24.3 Å². The third kappa shape index (κ3) is 1.47. The minimum Gasteiger partial charge on any atom is -0.461 e. The maximum absolute atomic E-state index is 11.8. The second kappa shape index (κ2) is 4.02. The van der Waals surface area contributed by atoms with Gasteiger partial charge in [-0.3, -0.25) is 0 Å². The number of benzene rings is 1. The third-order valence-electron chi connectivity index (χ3n) is 3.51. The number of aromatic amines is 1. The molecular formula is C15H15NO2. The standard InChI is InChI=1S/C15H15NO2/c1-3-18-15(17)13-9(2)12-8-10-6-4-5-7-11(10)14(12)16-13/h4-7,16H,3,8H2,1-2H3. The van der Waals surface area contributed by atoms with Crippen molar-refractivity contribution in [1.82, 2.24) is 4.98 Å². The van der Waals surface area contributed by atoms with Gasteiger partial charge in [0.25, 0.3) is 0 Å². The van der Waals surface area contributed by atoms with E-state index in [2.05, 4.69) is 17.1 Å². The Balaban J connectivity index is 2.09. The number of aromatic nitrogens is 1. The number of rotatable bonds is 2. The van der Waals surface area contributed by atoms with Crippen LogP contribution in [0.25, 0.3) is 11.3 Å². The van der Waals surface area contributed by atoms with Crippen LogP contribution in [0.5, 0.6) is 0 Å². The van der Waals surface area contributed by atoms with Crippen LogP contribution in [0.3, 0.4) is 0 Å². The summed E-state index contributed by atoms with van der Waals surface area (Å²) in [5.41, 5.74) is 6.42. The van der Waals surface area contributed by atoms with E-state index in [0.29, 0.717) is 12.3 Å². The molecule has 0 atom stereocenters. The first-order valence-electron chi connectivity index (χ1n) is 6.19. The van der Waals surface area contributed by atoms with Crippen LogP contribution in [-0.2, 0) is 11.2 Å². The molecule has 0 saturated carbocycles. The summed E-state index contributed by atoms with van der Waals surface area (Å²) in [5, 5.41) is 0. The number of fused-ring (bicyclic) bond motifs is 3. The molecule has 0 fully saturated rings. The van der Waals surface area contributed by atoms with Gasteiger partial charge < -0.3 is 9.72 Å². The molecule has 3 heteroatoms. The Morgan fingerprint density at radius 2 is 2.17 bits per heavy atom. The smallest absolute Gasteiger partial charge is 0.355 e. The molecule has 92 valence electrons. The molecule has 1 aliphatic carbocycles. The molecule has 0 radical (unpaired) electrons. The van der Waals surface area contributed by atoms with Crippen LogP contribution in [-0.4, -0.2) is 17.6 Å². The number of nitrogens with one attached hydrogen (secondary N) is 1. The Hall–Kier alpha value is -2.03. The molecule has 0 unspecified atom stereocenters. The molecule has 0 saturated heterocycles. The fraction of sp³-hybridized carbons (Fsp3) is 0.267. The van der Waals surface area contributed by atoms with Gasteiger partial charge in [0.15, 0.2) is 0 Å². The van der Waals surface area contributed by atoms with Crippen LogP contribution in [0.4, 0.5) is 0 Å². The Labute approximate surface area is 106 Å². The first-order valence-corrected chi connectivity index (χ1v) is 6.19. The van der Waals surface area contributed by atoms with E-state index in [1.54, 1.807) is 0 Å². The molecule has 1 aromatic heterocycles. The van der Waals surface area contributed by atoms with E-state index in [-0.39, 0.29) is 5.97 Å². The summed E-state index contributed by atoms with van der Waals surface area (Å²) in [6, 6.07) is 8.29. The molecule has 18 heavy (non-hydrogen) atoms. The van der Waals surface area contributed by atoms with E-state index in [1.165, 1.54) is 16.7 Å². The predicted molar refractivity (Wildman–Crippen MR) is 69.7 cm³/mol. The highest BCUT2D eigenvalue weighted by Gasteiger charge is 2.26. The normalized spacial score (nSPS) is 12.1. The van der Waals surface area contributed by atoms with E-state index >= 15 is 0 Å². The van der Waals surface area contributed by atoms with Crippen molar-refractivity contribution in [2.24, 2.45) is 0 Å². The zero-order chi connectivity index (χ0) is 12.7. The Bertz CT molecular complexity index is 625. The van der Waals surface area contributed by atoms with Crippen molar-refractivity contribution in [1.29, 1.82) is 0 Å². The second-order valence-electron chi connectivity index (χ2n) is 4.53. The van der Waals surface area contributed by atoms with Crippen molar-refractivity contribution >= 4 is 5.97 Å². The van der Waals surface area contributed by atoms with Crippen LogP contribution in [0.1, 0.15) is 34.1 Å². The van der Waals surface area contributed by atoms with Gasteiger partial charge in [0.1, 0.15) is 5.69 Å². The van der Waals surface area contributed by atoms with Crippen LogP contribution in [0.2, 0.25) is 0 Å². The number of hydrogen-bond donors (Lipinski definition) is 1. The van der Waals surface area contributed by atoms with Gasteiger partial charge in [0.05, 0.1) is 12.3 Å². The Morgan fingerprint density at radius 1 is 1.39 bits per heavy atom. The highest BCUT2D eigenvalue weighted by atomic mass is 16.5. The molecular weight excluding hydrogens is 226 g/mol. The SMILES string of the molecule is CCOC(=O)c1[nH]c2c(c1C)Cc1ccccc1-2. The molecule has 1 aromatic carbocycles. The Morgan fingerprint density at radius 3 is 2.94 bits per heavy atom. The quantitative estimate of drug-likeness (QED) is 0.700. The van der Waals surface area contributed by atoms with Gasteiger partial charge in [0, 0.05) is 12.0 Å². The van der Waals surface area contributed by atoms with Gasteiger partial charge in [0.2, 0.25) is 0 Å². The summed E-state index contributed by atoms with van der Waals surface area (Å²) in [5.74, 6) is -0.262. The summed E-state index contributed by atoms with van der Waals surface area (Å²) < 4.78 is 5.06. The summed E-state index contributed by atoms with van der Waals surface area (Å²) >= 11 is 0. The van der Waals surface area contributed by atoms with Gasteiger partial charge in [-0.05, 0) is 30.5 Å². The lowest BCUT2D eigenvalue weighted by molar-refractivity contribution is 0.0519. The topological polar surface area (TPSA) is 42.1 Å². The second-order valence-corrected chi connectivity index (χ2v) is 4.53. The summed E-state index contributed by atoms with van der Waals surface area (Å²) in [6.07, 6.45) is 0.896. The number of esters is 1. The maximum atomic E-state index is 11.8. The molecule has 0 aliphatic heterocycles. The lowest BCUT2D eigenvalue weighted by Gasteiger charge is -2.03. The number of carbonyl (C=O) groups is 1. The molecule has 0 bridgehead atoms. The van der Waals surface area contributed by atoms with Crippen LogP contribution >= 0.6 is 0 Å². The fourth-order valence-electron chi connectivity index (χ4n) is 2.60. The molecule has 2 aromatic rings. The molecule has 1 heterocycles. The molecule has 0 amide bonds. The zero-order valence-electron chi connectivity index (χ0n) is 10.5. The van der Waals surface area contributed by atoms with E-state index < -0.39 is 0 Å². The van der Waals surface area contributed by atoms with E-state index in [0.717, 1.165) is 17.7 Å². The number of hydrogen-bond acceptors (Lipinski definition) is 2. The van der Waals surface area contributed by atoms with Gasteiger partial charge >= 0.3 is 5.97 Å². The van der Waals surface area contributed by atoms with E-state index in [1.807, 2.05) is 26.0 Å². The molecule has 0 spiro atoms. The molecule has 3 nitrogen and oxygen atoms in total. The minimum absolute atomic E-state index is 0.262. The van der Waals surface area contributed by atoms with Crippen molar-refractivity contribution in [2.45, 2.75) is 20.3 Å². The average molecular weight is 241 g/mol. The van der Waals surface area contributed by atoms with Gasteiger partial charge in [-0.2, -0.15) is 0 Å². The Kier molecular flexibility index (Phi) is 2.47. The van der Waals surface area contributed by atoms with Crippen molar-refractivity contribution in [2.75, 3.05) is 6.61 Å². The molecule has 1 aliphatic rings. The summed E-state index contributed by atoms with van der Waals surface area (Å²) in [4.78, 5) is 15.1. The first-order chi connectivity index (χ1) is 8.72. The van der Waals surface area contributed by atoms with Crippen LogP contribution in [0.15, 0.2) is 24.3 Å².